The van der Waals surface area contributed by atoms with E-state index in [9.17, 15) is 9.90 Å². The van der Waals surface area contributed by atoms with Crippen LogP contribution in [0.1, 0.15) is 59.8 Å². The van der Waals surface area contributed by atoms with E-state index in [2.05, 4.69) is 33.6 Å². The molecular weight excluding hydrogens is 314 g/mol. The molecule has 1 N–H and O–H groups in total. The summed E-state index contributed by atoms with van der Waals surface area (Å²) >= 11 is 0. The first-order valence-corrected chi connectivity index (χ1v) is 9.41. The molecule has 4 nitrogen and oxygen atoms in total. The molecule has 0 radical (unpaired) electrons. The predicted octanol–water partition coefficient (Wildman–Crippen LogP) is 4.77. The van der Waals surface area contributed by atoms with Crippen molar-refractivity contribution in [3.63, 3.8) is 0 Å². The smallest absolute Gasteiger partial charge is 0.423 e. The number of hydrogen-bond acceptors (Lipinski definition) is 3. The number of rotatable bonds is 8. The van der Waals surface area contributed by atoms with Gasteiger partial charge in [-0.25, -0.2) is 4.79 Å². The Morgan fingerprint density at radius 3 is 2.48 bits per heavy atom. The van der Waals surface area contributed by atoms with Gasteiger partial charge in [0.15, 0.2) is 6.20 Å². The van der Waals surface area contributed by atoms with E-state index in [0.29, 0.717) is 30.3 Å². The number of ether oxygens (including phenoxy) is 1. The van der Waals surface area contributed by atoms with E-state index in [0.717, 1.165) is 38.0 Å². The van der Waals surface area contributed by atoms with Crippen molar-refractivity contribution in [3.8, 4) is 0 Å². The third-order valence-corrected chi connectivity index (χ3v) is 4.56. The summed E-state index contributed by atoms with van der Waals surface area (Å²) in [5.41, 5.74) is 1.50. The highest BCUT2D eigenvalue weighted by molar-refractivity contribution is 5.88. The Morgan fingerprint density at radius 1 is 1.32 bits per heavy atom. The van der Waals surface area contributed by atoms with Crippen LogP contribution in [0.25, 0.3) is 0 Å². The highest BCUT2D eigenvalue weighted by Crippen LogP contribution is 2.24. The highest BCUT2D eigenvalue weighted by Gasteiger charge is 2.25. The molecule has 1 aliphatic heterocycles. The Bertz CT molecular complexity index is 549. The van der Waals surface area contributed by atoms with Gasteiger partial charge in [0.25, 0.3) is 0 Å². The maximum Gasteiger partial charge on any atom is 0.423 e. The van der Waals surface area contributed by atoms with Crippen LogP contribution in [0.4, 0.5) is 0 Å². The number of aliphatic hydroxyl groups excluding tert-OH is 1. The molecule has 1 heterocycles. The molecule has 0 bridgehead atoms. The molecule has 0 unspecified atom stereocenters. The summed E-state index contributed by atoms with van der Waals surface area (Å²) in [4.78, 5) is 12.7. The molecule has 0 spiro atoms. The average Bonchev–Trinajstić information content (AvgIpc) is 2.59. The zero-order valence-corrected chi connectivity index (χ0v) is 16.3. The quantitative estimate of drug-likeness (QED) is 0.226. The summed E-state index contributed by atoms with van der Waals surface area (Å²) in [6.45, 7) is 13.5. The van der Waals surface area contributed by atoms with Crippen molar-refractivity contribution in [2.24, 2.45) is 11.8 Å². The Balaban J connectivity index is 2.92. The number of amides is 1. The van der Waals surface area contributed by atoms with Crippen molar-refractivity contribution >= 4 is 12.6 Å². The Labute approximate surface area is 152 Å². The molecule has 1 rings (SSSR count). The maximum atomic E-state index is 12.7. The summed E-state index contributed by atoms with van der Waals surface area (Å²) in [7, 11) is 0. The van der Waals surface area contributed by atoms with Crippen LogP contribution in [-0.2, 0) is 9.53 Å². The Kier molecular flexibility index (Phi) is 9.43. The average molecular weight is 349 g/mol. The number of hydrogen-bond donors (Lipinski definition) is 1. The van der Waals surface area contributed by atoms with Crippen LogP contribution in [0, 0.1) is 11.8 Å². The van der Waals surface area contributed by atoms with E-state index >= 15 is 0 Å². The van der Waals surface area contributed by atoms with Crippen LogP contribution < -0.4 is 0 Å². The molecule has 0 aliphatic carbocycles. The van der Waals surface area contributed by atoms with Gasteiger partial charge in [-0.3, -0.25) is 0 Å². The summed E-state index contributed by atoms with van der Waals surface area (Å²) in [6, 6.07) is 0. The van der Waals surface area contributed by atoms with Gasteiger partial charge in [0, 0.05) is 25.2 Å². The molecule has 0 aromatic heterocycles. The fraction of sp³-hybridized carbons (Fsp3) is 0.619. The number of allylic oxidation sites excluding steroid dienone is 4. The van der Waals surface area contributed by atoms with Crippen molar-refractivity contribution < 1.29 is 19.2 Å². The van der Waals surface area contributed by atoms with Gasteiger partial charge in [-0.1, -0.05) is 39.8 Å². The second kappa shape index (κ2) is 11.0. The predicted molar refractivity (Wildman–Crippen MR) is 103 cm³/mol. The van der Waals surface area contributed by atoms with Crippen molar-refractivity contribution in [3.05, 3.63) is 35.3 Å². The van der Waals surface area contributed by atoms with Gasteiger partial charge >= 0.3 is 5.91 Å². The Hall–Kier alpha value is -1.68. The normalized spacial score (nSPS) is 17.9. The zero-order valence-electron chi connectivity index (χ0n) is 16.3. The summed E-state index contributed by atoms with van der Waals surface area (Å²) in [5, 5.41) is 10.5. The number of aliphatic hydroxyl groups is 1. The molecule has 25 heavy (non-hydrogen) atoms. The lowest BCUT2D eigenvalue weighted by atomic mass is 9.93. The highest BCUT2D eigenvalue weighted by atomic mass is 16.5. The number of carbonyl (C=O) groups is 1. The summed E-state index contributed by atoms with van der Waals surface area (Å²) < 4.78 is 6.71. The molecular formula is C21H34NO3+. The summed E-state index contributed by atoms with van der Waals surface area (Å²) in [6.07, 6.45) is 9.73. The molecule has 1 fully saturated rings. The van der Waals surface area contributed by atoms with E-state index in [1.54, 1.807) is 6.20 Å². The molecule has 0 aromatic rings. The second-order valence-corrected chi connectivity index (χ2v) is 6.91. The van der Waals surface area contributed by atoms with Gasteiger partial charge in [0.2, 0.25) is 0 Å². The van der Waals surface area contributed by atoms with Crippen LogP contribution in [0.3, 0.4) is 0 Å². The van der Waals surface area contributed by atoms with Crippen LogP contribution in [0.5, 0.6) is 0 Å². The first-order chi connectivity index (χ1) is 11.9. The fourth-order valence-electron chi connectivity index (χ4n) is 2.88. The van der Waals surface area contributed by atoms with Gasteiger partial charge in [-0.05, 0) is 37.5 Å². The van der Waals surface area contributed by atoms with Gasteiger partial charge < -0.3 is 9.84 Å². The topological polar surface area (TPSA) is 49.5 Å². The number of nitrogens with zero attached hydrogens (tertiary/aromatic N) is 1. The molecule has 1 amide bonds. The lowest BCUT2D eigenvalue weighted by Gasteiger charge is -2.21. The molecule has 1 aliphatic rings. The fourth-order valence-corrected chi connectivity index (χ4v) is 2.88. The zero-order chi connectivity index (χ0) is 18.8. The van der Waals surface area contributed by atoms with Crippen molar-refractivity contribution in [1.29, 1.82) is 0 Å². The lowest BCUT2D eigenvalue weighted by Crippen LogP contribution is -2.21. The third-order valence-electron chi connectivity index (χ3n) is 4.56. The third kappa shape index (κ3) is 6.99. The largest absolute Gasteiger partial charge is 0.512 e. The standard InChI is InChI=1S/C21H33NO3/c1-6-8-9-18(16(3)4)15-22(5)21(24)19(7-2)20(23)14-17-10-12-25-13-11-17/h8-9,15-17H,5-7,10-14H2,1-4H3/p+1. The minimum absolute atomic E-state index is 0.205. The molecule has 1 saturated heterocycles. The molecule has 4 heteroatoms. The van der Waals surface area contributed by atoms with E-state index < -0.39 is 0 Å². The molecule has 0 saturated carbocycles. The van der Waals surface area contributed by atoms with Crippen LogP contribution in [0.2, 0.25) is 0 Å². The van der Waals surface area contributed by atoms with E-state index in [-0.39, 0.29) is 11.7 Å². The van der Waals surface area contributed by atoms with Crippen molar-refractivity contribution in [2.45, 2.75) is 59.8 Å². The molecule has 140 valence electrons. The maximum absolute atomic E-state index is 12.7. The van der Waals surface area contributed by atoms with E-state index in [1.807, 2.05) is 13.0 Å². The van der Waals surface area contributed by atoms with Crippen LogP contribution in [-0.4, -0.2) is 35.5 Å². The summed E-state index contributed by atoms with van der Waals surface area (Å²) in [5.74, 6) is 0.659. The first-order valence-electron chi connectivity index (χ1n) is 9.41. The van der Waals surface area contributed by atoms with Gasteiger partial charge in [-0.2, -0.15) is 0 Å². The number of carbonyl (C=O) groups excluding carboxylic acids is 1. The van der Waals surface area contributed by atoms with Gasteiger partial charge in [0.1, 0.15) is 18.0 Å². The van der Waals surface area contributed by atoms with Crippen molar-refractivity contribution in [2.75, 3.05) is 13.2 Å². The van der Waals surface area contributed by atoms with Gasteiger partial charge in [-0.15, -0.1) is 4.58 Å². The first kappa shape index (κ1) is 21.4. The molecule has 0 atom stereocenters. The van der Waals surface area contributed by atoms with Crippen LogP contribution in [0.15, 0.2) is 35.3 Å². The monoisotopic (exact) mass is 348 g/mol. The minimum Gasteiger partial charge on any atom is -0.512 e. The Morgan fingerprint density at radius 2 is 1.96 bits per heavy atom. The van der Waals surface area contributed by atoms with Gasteiger partial charge in [0.05, 0.1) is 0 Å². The minimum atomic E-state index is -0.227. The SMILES string of the molecule is C=[N+](C=C(C=CCC)C(C)C)C(=O)C(CC)=C(O)CC1CCOCC1. The van der Waals surface area contributed by atoms with E-state index in [1.165, 1.54) is 4.58 Å². The van der Waals surface area contributed by atoms with E-state index in [4.69, 9.17) is 4.74 Å². The van der Waals surface area contributed by atoms with Crippen LogP contribution >= 0.6 is 0 Å². The lowest BCUT2D eigenvalue weighted by molar-refractivity contribution is -0.369. The molecule has 0 aromatic carbocycles. The van der Waals surface area contributed by atoms with Crippen molar-refractivity contribution in [1.82, 2.24) is 0 Å². The second-order valence-electron chi connectivity index (χ2n) is 6.91.